The van der Waals surface area contributed by atoms with Crippen molar-refractivity contribution in [3.8, 4) is 0 Å². The van der Waals surface area contributed by atoms with Crippen molar-refractivity contribution in [3.05, 3.63) is 33.8 Å². The molecule has 1 aliphatic rings. The number of hydrogen-bond acceptors (Lipinski definition) is 2. The van der Waals surface area contributed by atoms with Gasteiger partial charge >= 0.3 is 6.18 Å². The molecule has 0 aliphatic carbocycles. The first-order valence-electron chi connectivity index (χ1n) is 6.68. The quantitative estimate of drug-likeness (QED) is 0.813. The summed E-state index contributed by atoms with van der Waals surface area (Å²) in [6.45, 7) is -0.662. The van der Waals surface area contributed by atoms with Crippen LogP contribution in [0.4, 0.5) is 13.2 Å². The molecule has 2 rings (SSSR count). The van der Waals surface area contributed by atoms with Gasteiger partial charge in [-0.1, -0.05) is 23.2 Å². The van der Waals surface area contributed by atoms with Crippen LogP contribution < -0.4 is 0 Å². The van der Waals surface area contributed by atoms with Gasteiger partial charge in [-0.15, -0.1) is 0 Å². The molecule has 0 aromatic heterocycles. The van der Waals surface area contributed by atoms with Crippen molar-refractivity contribution in [2.75, 3.05) is 19.8 Å². The monoisotopic (exact) mass is 355 g/mol. The molecule has 1 aromatic rings. The molecule has 1 aromatic carbocycles. The first kappa shape index (κ1) is 17.4. The van der Waals surface area contributed by atoms with Gasteiger partial charge in [-0.2, -0.15) is 13.2 Å². The summed E-state index contributed by atoms with van der Waals surface area (Å²) in [5.74, 6) is -0.767. The van der Waals surface area contributed by atoms with Crippen LogP contribution in [0.5, 0.6) is 0 Å². The van der Waals surface area contributed by atoms with E-state index in [0.29, 0.717) is 26.1 Å². The summed E-state index contributed by atoms with van der Waals surface area (Å²) in [6.07, 6.45) is -3.76. The molecule has 0 spiro atoms. The van der Waals surface area contributed by atoms with Crippen molar-refractivity contribution in [1.82, 2.24) is 4.90 Å². The lowest BCUT2D eigenvalue weighted by Crippen LogP contribution is -2.48. The molecule has 22 heavy (non-hydrogen) atoms. The number of alkyl halides is 3. The van der Waals surface area contributed by atoms with E-state index in [4.69, 9.17) is 27.9 Å². The maximum atomic E-state index is 12.8. The third-order valence-corrected chi connectivity index (χ3v) is 3.97. The van der Waals surface area contributed by atoms with Gasteiger partial charge in [0.1, 0.15) is 6.54 Å². The number of benzene rings is 1. The number of carbonyl (C=O) groups is 1. The molecule has 8 heteroatoms. The number of carbonyl (C=O) groups excluding carboxylic acids is 1. The number of halogens is 5. The van der Waals surface area contributed by atoms with Crippen molar-refractivity contribution >= 4 is 29.1 Å². The van der Waals surface area contributed by atoms with Crippen molar-refractivity contribution < 1.29 is 22.7 Å². The summed E-state index contributed by atoms with van der Waals surface area (Å²) < 4.78 is 43.6. The van der Waals surface area contributed by atoms with Crippen LogP contribution in [0.1, 0.15) is 23.2 Å². The molecule has 0 atom stereocenters. The summed E-state index contributed by atoms with van der Waals surface area (Å²) in [5.41, 5.74) is -0.0232. The molecule has 1 heterocycles. The highest BCUT2D eigenvalue weighted by Crippen LogP contribution is 2.27. The molecule has 1 saturated heterocycles. The Kier molecular flexibility index (Phi) is 5.58. The lowest BCUT2D eigenvalue weighted by Gasteiger charge is -2.35. The van der Waals surface area contributed by atoms with E-state index in [0.717, 1.165) is 4.90 Å². The van der Waals surface area contributed by atoms with Crippen LogP contribution in [0.15, 0.2) is 18.2 Å². The molecule has 0 bridgehead atoms. The maximum absolute atomic E-state index is 12.8. The summed E-state index contributed by atoms with van der Waals surface area (Å²) in [5, 5.41) is 0.320. The van der Waals surface area contributed by atoms with Crippen LogP contribution in [0.25, 0.3) is 0 Å². The van der Waals surface area contributed by atoms with Gasteiger partial charge in [0.2, 0.25) is 0 Å². The molecule has 0 radical (unpaired) electrons. The minimum Gasteiger partial charge on any atom is -0.381 e. The normalized spacial score (nSPS) is 16.6. The van der Waals surface area contributed by atoms with Crippen LogP contribution in [-0.2, 0) is 4.74 Å². The van der Waals surface area contributed by atoms with Gasteiger partial charge in [-0.05, 0) is 31.0 Å². The van der Waals surface area contributed by atoms with Gasteiger partial charge < -0.3 is 9.64 Å². The Hall–Kier alpha value is -0.980. The zero-order valence-corrected chi connectivity index (χ0v) is 13.0. The van der Waals surface area contributed by atoms with Crippen molar-refractivity contribution in [2.45, 2.75) is 25.1 Å². The molecular weight excluding hydrogens is 342 g/mol. The molecule has 1 amide bonds. The highest BCUT2D eigenvalue weighted by Gasteiger charge is 2.37. The summed E-state index contributed by atoms with van der Waals surface area (Å²) >= 11 is 11.7. The Bertz CT molecular complexity index is 545. The van der Waals surface area contributed by atoms with Gasteiger partial charge in [0, 0.05) is 24.3 Å². The third kappa shape index (κ3) is 4.51. The van der Waals surface area contributed by atoms with Gasteiger partial charge in [0.05, 0.1) is 10.6 Å². The lowest BCUT2D eigenvalue weighted by molar-refractivity contribution is -0.147. The second-order valence-corrected chi connectivity index (χ2v) is 5.86. The first-order valence-corrected chi connectivity index (χ1v) is 7.44. The van der Waals surface area contributed by atoms with E-state index in [1.165, 1.54) is 18.2 Å². The Morgan fingerprint density at radius 1 is 1.27 bits per heavy atom. The van der Waals surface area contributed by atoms with Gasteiger partial charge in [0.15, 0.2) is 0 Å². The first-order chi connectivity index (χ1) is 10.3. The molecule has 0 N–H and O–H groups in total. The maximum Gasteiger partial charge on any atom is 0.406 e. The van der Waals surface area contributed by atoms with Crippen molar-refractivity contribution in [3.63, 3.8) is 0 Å². The van der Waals surface area contributed by atoms with Crippen LogP contribution >= 0.6 is 23.2 Å². The second-order valence-electron chi connectivity index (χ2n) is 5.02. The summed E-state index contributed by atoms with van der Waals surface area (Å²) in [6, 6.07) is 3.63. The Morgan fingerprint density at radius 3 is 2.50 bits per heavy atom. The zero-order valence-electron chi connectivity index (χ0n) is 11.5. The van der Waals surface area contributed by atoms with Gasteiger partial charge in [-0.25, -0.2) is 0 Å². The minimum absolute atomic E-state index is 0.0232. The lowest BCUT2D eigenvalue weighted by atomic mass is 10.1. The highest BCUT2D eigenvalue weighted by molar-refractivity contribution is 6.35. The zero-order chi connectivity index (χ0) is 16.3. The molecule has 1 aliphatic heterocycles. The van der Waals surface area contributed by atoms with E-state index in [-0.39, 0.29) is 15.6 Å². The average Bonchev–Trinajstić information content (AvgIpc) is 2.46. The van der Waals surface area contributed by atoms with Crippen LogP contribution in [0.3, 0.4) is 0 Å². The highest BCUT2D eigenvalue weighted by atomic mass is 35.5. The fourth-order valence-corrected chi connectivity index (χ4v) is 2.74. The Labute approximate surface area is 135 Å². The number of rotatable bonds is 3. The van der Waals surface area contributed by atoms with Gasteiger partial charge in [0.25, 0.3) is 5.91 Å². The van der Waals surface area contributed by atoms with Crippen LogP contribution in [0.2, 0.25) is 10.0 Å². The van der Waals surface area contributed by atoms with E-state index >= 15 is 0 Å². The molecule has 1 fully saturated rings. The molecule has 0 unspecified atom stereocenters. The number of hydrogen-bond donors (Lipinski definition) is 0. The van der Waals surface area contributed by atoms with E-state index in [9.17, 15) is 18.0 Å². The molecular formula is C14H14Cl2F3NO2. The van der Waals surface area contributed by atoms with E-state index < -0.39 is 24.7 Å². The van der Waals surface area contributed by atoms with E-state index in [1.54, 1.807) is 0 Å². The van der Waals surface area contributed by atoms with Crippen molar-refractivity contribution in [1.29, 1.82) is 0 Å². The average molecular weight is 356 g/mol. The van der Waals surface area contributed by atoms with Crippen molar-refractivity contribution in [2.24, 2.45) is 0 Å². The standard InChI is InChI=1S/C14H14Cl2F3NO2/c15-9-1-2-12(16)11(7-9)13(21)20(8-14(17,18)19)10-3-5-22-6-4-10/h1-2,7,10H,3-6,8H2. The Morgan fingerprint density at radius 2 is 1.91 bits per heavy atom. The Balaban J connectivity index is 2.30. The molecule has 122 valence electrons. The number of amides is 1. The predicted molar refractivity (Wildman–Crippen MR) is 77.4 cm³/mol. The second kappa shape index (κ2) is 7.06. The smallest absolute Gasteiger partial charge is 0.381 e. The van der Waals surface area contributed by atoms with Gasteiger partial charge in [-0.3, -0.25) is 4.79 Å². The SMILES string of the molecule is O=C(c1cc(Cl)ccc1Cl)N(CC(F)(F)F)C1CCOCC1. The predicted octanol–water partition coefficient (Wildman–Crippen LogP) is 4.18. The number of nitrogens with zero attached hydrogens (tertiary/aromatic N) is 1. The van der Waals surface area contributed by atoms with E-state index in [2.05, 4.69) is 0 Å². The topological polar surface area (TPSA) is 29.5 Å². The fourth-order valence-electron chi connectivity index (χ4n) is 2.37. The largest absolute Gasteiger partial charge is 0.406 e. The van der Waals surface area contributed by atoms with Crippen LogP contribution in [0, 0.1) is 0 Å². The summed E-state index contributed by atoms with van der Waals surface area (Å²) in [4.78, 5) is 13.4. The minimum atomic E-state index is -4.49. The number of ether oxygens (including phenoxy) is 1. The molecule has 0 saturated carbocycles. The van der Waals surface area contributed by atoms with Crippen LogP contribution in [-0.4, -0.2) is 42.8 Å². The van der Waals surface area contributed by atoms with E-state index in [1.807, 2.05) is 0 Å². The fraction of sp³-hybridized carbons (Fsp3) is 0.500. The molecule has 3 nitrogen and oxygen atoms in total. The summed E-state index contributed by atoms with van der Waals surface area (Å²) in [7, 11) is 0. The third-order valence-electron chi connectivity index (χ3n) is 3.40.